The molecule has 0 radical (unpaired) electrons. The van der Waals surface area contributed by atoms with Gasteiger partial charge in [-0.15, -0.1) is 0 Å². The van der Waals surface area contributed by atoms with Crippen molar-refractivity contribution in [1.82, 2.24) is 4.31 Å². The van der Waals surface area contributed by atoms with Gasteiger partial charge in [-0.1, -0.05) is 30.3 Å². The van der Waals surface area contributed by atoms with Crippen molar-refractivity contribution in [1.29, 1.82) is 0 Å². The molecule has 0 spiro atoms. The van der Waals surface area contributed by atoms with E-state index in [9.17, 15) is 16.8 Å². The molecule has 0 unspecified atom stereocenters. The van der Waals surface area contributed by atoms with Crippen LogP contribution in [0.1, 0.15) is 32.3 Å². The van der Waals surface area contributed by atoms with Crippen LogP contribution in [0.4, 0.5) is 5.69 Å². The van der Waals surface area contributed by atoms with E-state index in [1.165, 1.54) is 27.9 Å². The summed E-state index contributed by atoms with van der Waals surface area (Å²) < 4.78 is 60.3. The molecule has 2 aromatic rings. The van der Waals surface area contributed by atoms with E-state index >= 15 is 0 Å². The summed E-state index contributed by atoms with van der Waals surface area (Å²) in [7, 11) is -6.01. The quantitative estimate of drug-likeness (QED) is 0.644. The zero-order chi connectivity index (χ0) is 21.9. The van der Waals surface area contributed by atoms with Gasteiger partial charge in [0.2, 0.25) is 20.0 Å². The highest BCUT2D eigenvalue weighted by atomic mass is 32.2. The molecular formula is C21H28N2O5S2. The molecule has 0 bridgehead atoms. The Hall–Kier alpha value is -2.10. The third-order valence-electron chi connectivity index (χ3n) is 5.13. The van der Waals surface area contributed by atoms with Gasteiger partial charge in [0.15, 0.2) is 0 Å². The van der Waals surface area contributed by atoms with Gasteiger partial charge in [0, 0.05) is 19.1 Å². The summed E-state index contributed by atoms with van der Waals surface area (Å²) in [5, 5.41) is 0. The van der Waals surface area contributed by atoms with E-state index in [0.717, 1.165) is 12.0 Å². The van der Waals surface area contributed by atoms with E-state index in [-0.39, 0.29) is 29.0 Å². The monoisotopic (exact) mass is 452 g/mol. The highest BCUT2D eigenvalue weighted by Crippen LogP contribution is 2.34. The third kappa shape index (κ3) is 4.63. The van der Waals surface area contributed by atoms with Crippen molar-refractivity contribution in [2.24, 2.45) is 0 Å². The Balaban J connectivity index is 2.06. The van der Waals surface area contributed by atoms with E-state index in [4.69, 9.17) is 4.74 Å². The molecule has 9 heteroatoms. The maximum absolute atomic E-state index is 13.6. The van der Waals surface area contributed by atoms with Crippen molar-refractivity contribution < 1.29 is 21.6 Å². The summed E-state index contributed by atoms with van der Waals surface area (Å²) in [6.07, 6.45) is 1.35. The fraction of sp³-hybridized carbons (Fsp3) is 0.429. The molecule has 1 aliphatic heterocycles. The van der Waals surface area contributed by atoms with Gasteiger partial charge in [0.1, 0.15) is 10.6 Å². The van der Waals surface area contributed by atoms with Crippen molar-refractivity contribution in [2.45, 2.75) is 44.2 Å². The summed E-state index contributed by atoms with van der Waals surface area (Å²) in [5.74, 6) is 0.250. The number of nitrogens with zero attached hydrogens (tertiary/aromatic N) is 2. The zero-order valence-electron chi connectivity index (χ0n) is 17.5. The maximum Gasteiger partial charge on any atom is 0.247 e. The first-order valence-corrected chi connectivity index (χ1v) is 13.0. The smallest absolute Gasteiger partial charge is 0.247 e. The molecule has 0 amide bonds. The summed E-state index contributed by atoms with van der Waals surface area (Å²) in [4.78, 5) is -0.0343. The summed E-state index contributed by atoms with van der Waals surface area (Å²) >= 11 is 0. The van der Waals surface area contributed by atoms with Crippen molar-refractivity contribution in [2.75, 3.05) is 23.7 Å². The predicted octanol–water partition coefficient (Wildman–Crippen LogP) is 3.22. The Morgan fingerprint density at radius 2 is 1.80 bits per heavy atom. The van der Waals surface area contributed by atoms with E-state index < -0.39 is 20.0 Å². The molecule has 164 valence electrons. The van der Waals surface area contributed by atoms with Crippen LogP contribution in [0.15, 0.2) is 53.4 Å². The second kappa shape index (κ2) is 8.95. The Bertz CT molecular complexity index is 1080. The number of hydrogen-bond acceptors (Lipinski definition) is 5. The lowest BCUT2D eigenvalue weighted by atomic mass is 10.2. The molecule has 1 fully saturated rings. The molecule has 1 saturated heterocycles. The Morgan fingerprint density at radius 1 is 1.10 bits per heavy atom. The fourth-order valence-corrected chi connectivity index (χ4v) is 6.97. The zero-order valence-corrected chi connectivity index (χ0v) is 19.1. The van der Waals surface area contributed by atoms with Gasteiger partial charge in [-0.3, -0.25) is 4.31 Å². The van der Waals surface area contributed by atoms with Gasteiger partial charge >= 0.3 is 0 Å². The van der Waals surface area contributed by atoms with E-state index in [0.29, 0.717) is 18.7 Å². The number of hydrogen-bond donors (Lipinski definition) is 0. The van der Waals surface area contributed by atoms with Gasteiger partial charge in [-0.05, 0) is 50.5 Å². The largest absolute Gasteiger partial charge is 0.495 e. The van der Waals surface area contributed by atoms with E-state index in [1.54, 1.807) is 6.07 Å². The molecule has 7 nitrogen and oxygen atoms in total. The van der Waals surface area contributed by atoms with Gasteiger partial charge in [0.25, 0.3) is 0 Å². The minimum atomic E-state index is -3.95. The molecule has 30 heavy (non-hydrogen) atoms. The van der Waals surface area contributed by atoms with Crippen LogP contribution in [-0.2, 0) is 26.6 Å². The van der Waals surface area contributed by atoms with Crippen LogP contribution in [-0.4, -0.2) is 46.6 Å². The van der Waals surface area contributed by atoms with Gasteiger partial charge in [0.05, 0.1) is 18.6 Å². The highest BCUT2D eigenvalue weighted by Gasteiger charge is 2.33. The Labute approximate surface area is 179 Å². The van der Waals surface area contributed by atoms with Crippen LogP contribution in [0, 0.1) is 0 Å². The van der Waals surface area contributed by atoms with Crippen LogP contribution < -0.4 is 9.04 Å². The minimum Gasteiger partial charge on any atom is -0.495 e. The molecule has 0 aromatic heterocycles. The van der Waals surface area contributed by atoms with Crippen molar-refractivity contribution in [3.05, 3.63) is 54.1 Å². The molecule has 0 N–H and O–H groups in total. The number of methoxy groups -OCH3 is 1. The first-order chi connectivity index (χ1) is 14.2. The Morgan fingerprint density at radius 3 is 2.40 bits per heavy atom. The normalized spacial score (nSPS) is 16.8. The van der Waals surface area contributed by atoms with Crippen LogP contribution in [0.2, 0.25) is 0 Å². The lowest BCUT2D eigenvalue weighted by Gasteiger charge is -2.30. The molecule has 1 heterocycles. The minimum absolute atomic E-state index is 0.0343. The SMILES string of the molecule is COc1ccc(N2CCCCS2(=O)=O)cc1S(=O)(=O)N(Cc1ccccc1)C(C)C. The van der Waals surface area contributed by atoms with Crippen LogP contribution in [0.5, 0.6) is 5.75 Å². The fourth-order valence-electron chi connectivity index (χ4n) is 3.54. The van der Waals surface area contributed by atoms with Crippen molar-refractivity contribution in [3.63, 3.8) is 0 Å². The van der Waals surface area contributed by atoms with E-state index in [2.05, 4.69) is 0 Å². The van der Waals surface area contributed by atoms with Gasteiger partial charge in [-0.25, -0.2) is 16.8 Å². The van der Waals surface area contributed by atoms with E-state index in [1.807, 2.05) is 44.2 Å². The van der Waals surface area contributed by atoms with Crippen LogP contribution in [0.3, 0.4) is 0 Å². The number of ether oxygens (including phenoxy) is 1. The number of sulfonamides is 2. The van der Waals surface area contributed by atoms with Crippen molar-refractivity contribution >= 4 is 25.7 Å². The molecule has 3 rings (SSSR count). The standard InChI is InChI=1S/C21H28N2O5S2/c1-17(2)23(16-18-9-5-4-6-10-18)30(26,27)21-15-19(11-12-20(21)28-3)22-13-7-8-14-29(22,24)25/h4-6,9-12,15,17H,7-8,13-14,16H2,1-3H3. The Kier molecular flexibility index (Phi) is 6.74. The lowest BCUT2D eigenvalue weighted by molar-refractivity contribution is 0.343. The summed E-state index contributed by atoms with van der Waals surface area (Å²) in [6, 6.07) is 13.6. The number of rotatable bonds is 7. The average Bonchev–Trinajstić information content (AvgIpc) is 2.71. The molecule has 2 aromatic carbocycles. The number of benzene rings is 2. The lowest BCUT2D eigenvalue weighted by Crippen LogP contribution is -2.38. The van der Waals surface area contributed by atoms with Gasteiger partial charge < -0.3 is 4.74 Å². The second-order valence-electron chi connectivity index (χ2n) is 7.56. The third-order valence-corrected chi connectivity index (χ3v) is 9.04. The average molecular weight is 453 g/mol. The maximum atomic E-state index is 13.6. The molecule has 1 aliphatic rings. The number of anilines is 1. The van der Waals surface area contributed by atoms with Gasteiger partial charge in [-0.2, -0.15) is 4.31 Å². The van der Waals surface area contributed by atoms with Crippen LogP contribution in [0.25, 0.3) is 0 Å². The van der Waals surface area contributed by atoms with Crippen molar-refractivity contribution in [3.8, 4) is 5.75 Å². The molecule has 0 saturated carbocycles. The first-order valence-electron chi connectivity index (χ1n) is 9.91. The molecule has 0 aliphatic carbocycles. The van der Waals surface area contributed by atoms with Crippen LogP contribution >= 0.6 is 0 Å². The highest BCUT2D eigenvalue weighted by molar-refractivity contribution is 7.92. The summed E-state index contributed by atoms with van der Waals surface area (Å²) in [5.41, 5.74) is 1.21. The predicted molar refractivity (Wildman–Crippen MR) is 118 cm³/mol. The first kappa shape index (κ1) is 22.6. The second-order valence-corrected chi connectivity index (χ2v) is 11.4. The molecular weight excluding hydrogens is 424 g/mol. The topological polar surface area (TPSA) is 84.0 Å². The summed E-state index contributed by atoms with van der Waals surface area (Å²) in [6.45, 7) is 4.17. The molecule has 0 atom stereocenters.